The van der Waals surface area contributed by atoms with Gasteiger partial charge in [-0.2, -0.15) is 0 Å². The molecule has 1 aromatic carbocycles. The first-order valence-corrected chi connectivity index (χ1v) is 13.7. The van der Waals surface area contributed by atoms with E-state index in [-0.39, 0.29) is 5.97 Å². The maximum atomic E-state index is 12.1. The van der Waals surface area contributed by atoms with E-state index in [1.807, 2.05) is 36.7 Å². The second-order valence-corrected chi connectivity index (χ2v) is 9.75. The predicted octanol–water partition coefficient (Wildman–Crippen LogP) is 8.73. The average Bonchev–Trinajstić information content (AvgIpc) is 2.86. The van der Waals surface area contributed by atoms with Gasteiger partial charge in [0, 0.05) is 24.4 Å². The normalized spacial score (nSPS) is 12.0. The van der Waals surface area contributed by atoms with Crippen LogP contribution in [0.4, 0.5) is 0 Å². The summed E-state index contributed by atoms with van der Waals surface area (Å²) < 4.78 is 5.47. The van der Waals surface area contributed by atoms with E-state index in [1.165, 1.54) is 76.2 Å². The quantitative estimate of drug-likeness (QED) is 0.125. The van der Waals surface area contributed by atoms with Gasteiger partial charge in [-0.05, 0) is 55.0 Å². The van der Waals surface area contributed by atoms with Crippen molar-refractivity contribution >= 4 is 5.97 Å². The molecule has 4 heteroatoms. The van der Waals surface area contributed by atoms with Crippen LogP contribution < -0.4 is 4.74 Å². The number of aryl methyl sites for hydroxylation is 1. The summed E-state index contributed by atoms with van der Waals surface area (Å²) >= 11 is 0. The van der Waals surface area contributed by atoms with E-state index >= 15 is 0 Å². The number of unbranched alkanes of at least 4 members (excludes halogenated alkanes) is 9. The molecule has 0 fully saturated rings. The molecule has 34 heavy (non-hydrogen) atoms. The fourth-order valence-corrected chi connectivity index (χ4v) is 4.09. The van der Waals surface area contributed by atoms with Crippen LogP contribution in [0.1, 0.15) is 116 Å². The molecule has 1 heterocycles. The van der Waals surface area contributed by atoms with Crippen LogP contribution in [0.2, 0.25) is 0 Å². The van der Waals surface area contributed by atoms with Gasteiger partial charge >= 0.3 is 5.97 Å². The van der Waals surface area contributed by atoms with Crippen molar-refractivity contribution in [2.24, 2.45) is 5.92 Å². The van der Waals surface area contributed by atoms with E-state index in [4.69, 9.17) is 4.74 Å². The molecule has 0 bridgehead atoms. The highest BCUT2D eigenvalue weighted by Crippen LogP contribution is 2.21. The summed E-state index contributed by atoms with van der Waals surface area (Å²) in [5.74, 6) is 1.86. The predicted molar refractivity (Wildman–Crippen MR) is 142 cm³/mol. The minimum absolute atomic E-state index is 0.158. The lowest BCUT2D eigenvalue weighted by atomic mass is 10.0. The second kappa shape index (κ2) is 17.2. The second-order valence-electron chi connectivity index (χ2n) is 9.75. The van der Waals surface area contributed by atoms with E-state index in [9.17, 15) is 4.79 Å². The summed E-state index contributed by atoms with van der Waals surface area (Å²) in [4.78, 5) is 21.2. The van der Waals surface area contributed by atoms with Gasteiger partial charge < -0.3 is 4.74 Å². The molecule has 0 saturated carbocycles. The van der Waals surface area contributed by atoms with Gasteiger partial charge in [0.25, 0.3) is 0 Å². The molecule has 4 nitrogen and oxygen atoms in total. The molecule has 0 aliphatic rings. The summed E-state index contributed by atoms with van der Waals surface area (Å²) in [5, 5.41) is 0. The molecule has 0 saturated heterocycles. The number of carbonyl (C=O) groups is 1. The molecule has 1 unspecified atom stereocenters. The molecule has 0 aliphatic heterocycles. The molecule has 1 atom stereocenters. The molecular weight excluding hydrogens is 420 g/mol. The van der Waals surface area contributed by atoms with Crippen LogP contribution in [0, 0.1) is 5.92 Å². The smallest absolute Gasteiger partial charge is 0.311 e. The monoisotopic (exact) mass is 466 g/mol. The first-order valence-electron chi connectivity index (χ1n) is 13.7. The van der Waals surface area contributed by atoms with E-state index < -0.39 is 0 Å². The summed E-state index contributed by atoms with van der Waals surface area (Å²) in [6.07, 6.45) is 21.8. The van der Waals surface area contributed by atoms with Gasteiger partial charge in [-0.3, -0.25) is 4.79 Å². The van der Waals surface area contributed by atoms with Crippen molar-refractivity contribution in [2.75, 3.05) is 0 Å². The highest BCUT2D eigenvalue weighted by molar-refractivity contribution is 5.72. The molecule has 1 aromatic heterocycles. The van der Waals surface area contributed by atoms with Crippen molar-refractivity contribution in [2.45, 2.75) is 117 Å². The Morgan fingerprint density at radius 3 is 2.06 bits per heavy atom. The minimum atomic E-state index is -0.158. The number of aromatic nitrogens is 2. The molecule has 0 aliphatic carbocycles. The Labute approximate surface area is 208 Å². The largest absolute Gasteiger partial charge is 0.427 e. The van der Waals surface area contributed by atoms with Gasteiger partial charge in [-0.15, -0.1) is 0 Å². The van der Waals surface area contributed by atoms with E-state index in [0.717, 1.165) is 30.7 Å². The first kappa shape index (κ1) is 28.0. The molecular formula is C30H46N2O2. The van der Waals surface area contributed by atoms with Crippen LogP contribution in [0.15, 0.2) is 36.7 Å². The van der Waals surface area contributed by atoms with Crippen LogP contribution in [0.25, 0.3) is 11.4 Å². The molecule has 188 valence electrons. The minimum Gasteiger partial charge on any atom is -0.427 e. The number of ether oxygens (including phenoxy) is 1. The molecule has 2 aromatic rings. The highest BCUT2D eigenvalue weighted by Gasteiger charge is 2.07. The van der Waals surface area contributed by atoms with Gasteiger partial charge in [0.1, 0.15) is 5.75 Å². The van der Waals surface area contributed by atoms with E-state index in [1.54, 1.807) is 0 Å². The third kappa shape index (κ3) is 11.8. The third-order valence-electron chi connectivity index (χ3n) is 6.64. The van der Waals surface area contributed by atoms with Crippen molar-refractivity contribution in [3.8, 4) is 17.1 Å². The number of hydrogen-bond donors (Lipinski definition) is 0. The van der Waals surface area contributed by atoms with Crippen molar-refractivity contribution in [3.05, 3.63) is 42.2 Å². The number of esters is 1. The summed E-state index contributed by atoms with van der Waals surface area (Å²) in [6.45, 7) is 6.73. The Bertz CT molecular complexity index is 786. The average molecular weight is 467 g/mol. The zero-order valence-corrected chi connectivity index (χ0v) is 21.9. The Balaban J connectivity index is 1.66. The van der Waals surface area contributed by atoms with Gasteiger partial charge in [0.15, 0.2) is 5.82 Å². The highest BCUT2D eigenvalue weighted by atomic mass is 16.5. The Kier molecular flexibility index (Phi) is 14.2. The van der Waals surface area contributed by atoms with Crippen LogP contribution in [-0.4, -0.2) is 15.9 Å². The lowest BCUT2D eigenvalue weighted by molar-refractivity contribution is -0.134. The molecule has 0 radical (unpaired) electrons. The first-order chi connectivity index (χ1) is 16.6. The van der Waals surface area contributed by atoms with Crippen molar-refractivity contribution in [3.63, 3.8) is 0 Å². The Morgan fingerprint density at radius 1 is 0.824 bits per heavy atom. The van der Waals surface area contributed by atoms with Gasteiger partial charge in [0.2, 0.25) is 0 Å². The molecule has 0 N–H and O–H groups in total. The number of hydrogen-bond acceptors (Lipinski definition) is 4. The van der Waals surface area contributed by atoms with Crippen molar-refractivity contribution in [1.82, 2.24) is 9.97 Å². The number of benzene rings is 1. The van der Waals surface area contributed by atoms with Gasteiger partial charge in [-0.1, -0.05) is 91.4 Å². The maximum absolute atomic E-state index is 12.1. The lowest BCUT2D eigenvalue weighted by Gasteiger charge is -2.08. The topological polar surface area (TPSA) is 52.1 Å². The van der Waals surface area contributed by atoms with Gasteiger partial charge in [0.05, 0.1) is 0 Å². The lowest BCUT2D eigenvalue weighted by Crippen LogP contribution is -2.07. The van der Waals surface area contributed by atoms with E-state index in [2.05, 4.69) is 30.7 Å². The fourth-order valence-electron chi connectivity index (χ4n) is 4.09. The van der Waals surface area contributed by atoms with Crippen LogP contribution in [0.3, 0.4) is 0 Å². The standard InChI is InChI=1S/C30H46N2O2/c1-4-6-7-8-9-10-11-12-13-17-26-23-31-30(32-24-26)27-19-21-28(22-20-27)34-29(33)18-15-14-16-25(3)5-2/h19-25H,4-18H2,1-3H3. The Hall–Kier alpha value is -2.23. The van der Waals surface area contributed by atoms with E-state index in [0.29, 0.717) is 18.0 Å². The zero-order chi connectivity index (χ0) is 24.4. The van der Waals surface area contributed by atoms with Crippen LogP contribution >= 0.6 is 0 Å². The Morgan fingerprint density at radius 2 is 1.44 bits per heavy atom. The summed E-state index contributed by atoms with van der Waals surface area (Å²) in [7, 11) is 0. The molecule has 2 rings (SSSR count). The number of rotatable bonds is 18. The number of carbonyl (C=O) groups excluding carboxylic acids is 1. The molecule has 0 amide bonds. The third-order valence-corrected chi connectivity index (χ3v) is 6.64. The molecule has 0 spiro atoms. The van der Waals surface area contributed by atoms with Crippen LogP contribution in [0.5, 0.6) is 5.75 Å². The fraction of sp³-hybridized carbons (Fsp3) is 0.633. The summed E-state index contributed by atoms with van der Waals surface area (Å²) in [6, 6.07) is 7.49. The summed E-state index contributed by atoms with van der Waals surface area (Å²) in [5.41, 5.74) is 2.13. The zero-order valence-electron chi connectivity index (χ0n) is 21.9. The van der Waals surface area contributed by atoms with Crippen LogP contribution in [-0.2, 0) is 11.2 Å². The number of nitrogens with zero attached hydrogens (tertiary/aromatic N) is 2. The SMILES string of the molecule is CCCCCCCCCCCc1cnc(-c2ccc(OC(=O)CCCCC(C)CC)cc2)nc1. The van der Waals surface area contributed by atoms with Crippen molar-refractivity contribution < 1.29 is 9.53 Å². The maximum Gasteiger partial charge on any atom is 0.311 e. The van der Waals surface area contributed by atoms with Crippen molar-refractivity contribution in [1.29, 1.82) is 0 Å². The van der Waals surface area contributed by atoms with Gasteiger partial charge in [-0.25, -0.2) is 9.97 Å².